The molecule has 0 N–H and O–H groups in total. The second-order valence-electron chi connectivity index (χ2n) is 2.95. The van der Waals surface area contributed by atoms with E-state index in [-0.39, 0.29) is 0 Å². The summed E-state index contributed by atoms with van der Waals surface area (Å²) in [6.07, 6.45) is 0. The van der Waals surface area contributed by atoms with Crippen LogP contribution in [0.1, 0.15) is 5.56 Å². The molecule has 2 nitrogen and oxygen atoms in total. The SMILES string of the molecule is Cc1cc(Br)c(-c2nc(Br)ns2)cc1Cl. The topological polar surface area (TPSA) is 25.8 Å². The highest BCUT2D eigenvalue weighted by Crippen LogP contribution is 2.34. The van der Waals surface area contributed by atoms with Crippen molar-refractivity contribution < 1.29 is 0 Å². The molecule has 15 heavy (non-hydrogen) atoms. The van der Waals surface area contributed by atoms with Crippen molar-refractivity contribution in [1.82, 2.24) is 9.36 Å². The Bertz CT molecular complexity index is 513. The molecule has 0 aliphatic carbocycles. The lowest BCUT2D eigenvalue weighted by atomic mass is 10.1. The quantitative estimate of drug-likeness (QED) is 0.730. The lowest BCUT2D eigenvalue weighted by Crippen LogP contribution is -1.82. The summed E-state index contributed by atoms with van der Waals surface area (Å²) in [4.78, 5) is 4.25. The summed E-state index contributed by atoms with van der Waals surface area (Å²) in [6.45, 7) is 1.97. The molecule has 0 atom stereocenters. The third-order valence-electron chi connectivity index (χ3n) is 1.88. The van der Waals surface area contributed by atoms with Gasteiger partial charge in [-0.2, -0.15) is 4.37 Å². The maximum absolute atomic E-state index is 6.07. The van der Waals surface area contributed by atoms with Crippen molar-refractivity contribution in [3.05, 3.63) is 31.9 Å². The minimum atomic E-state index is 0.603. The highest BCUT2D eigenvalue weighted by molar-refractivity contribution is 9.10. The van der Waals surface area contributed by atoms with Crippen LogP contribution in [0.5, 0.6) is 0 Å². The van der Waals surface area contributed by atoms with Gasteiger partial charge in [0.25, 0.3) is 0 Å². The van der Waals surface area contributed by atoms with Crippen molar-refractivity contribution in [2.24, 2.45) is 0 Å². The van der Waals surface area contributed by atoms with Crippen molar-refractivity contribution in [2.45, 2.75) is 6.92 Å². The van der Waals surface area contributed by atoms with E-state index in [0.29, 0.717) is 4.73 Å². The summed E-state index contributed by atoms with van der Waals surface area (Å²) in [5, 5.41) is 1.58. The third-order valence-corrected chi connectivity index (χ3v) is 4.28. The molecule has 1 heterocycles. The molecule has 6 heteroatoms. The molecule has 0 spiro atoms. The molecule has 0 fully saturated rings. The molecule has 2 aromatic rings. The van der Waals surface area contributed by atoms with E-state index in [4.69, 9.17) is 11.6 Å². The van der Waals surface area contributed by atoms with Crippen LogP contribution >= 0.6 is 55.0 Å². The smallest absolute Gasteiger partial charge is 0.209 e. The van der Waals surface area contributed by atoms with Crippen LogP contribution in [0.2, 0.25) is 5.02 Å². The van der Waals surface area contributed by atoms with Crippen LogP contribution in [0.3, 0.4) is 0 Å². The molecule has 0 bridgehead atoms. The molecule has 0 saturated carbocycles. The van der Waals surface area contributed by atoms with Crippen LogP contribution in [0, 0.1) is 6.92 Å². The zero-order valence-corrected chi connectivity index (χ0v) is 12.3. The minimum Gasteiger partial charge on any atom is -0.209 e. The van der Waals surface area contributed by atoms with Gasteiger partial charge < -0.3 is 0 Å². The van der Waals surface area contributed by atoms with E-state index in [1.165, 1.54) is 11.5 Å². The van der Waals surface area contributed by atoms with Crippen LogP contribution < -0.4 is 0 Å². The van der Waals surface area contributed by atoms with E-state index < -0.39 is 0 Å². The molecule has 1 aromatic carbocycles. The highest BCUT2D eigenvalue weighted by Gasteiger charge is 2.10. The summed E-state index contributed by atoms with van der Waals surface area (Å²) in [5.41, 5.74) is 2.00. The molecule has 0 saturated heterocycles. The van der Waals surface area contributed by atoms with Gasteiger partial charge in [0.05, 0.1) is 0 Å². The Balaban J connectivity index is 2.58. The zero-order valence-electron chi connectivity index (χ0n) is 7.59. The van der Waals surface area contributed by atoms with Gasteiger partial charge in [-0.3, -0.25) is 0 Å². The van der Waals surface area contributed by atoms with Crippen LogP contribution in [-0.4, -0.2) is 9.36 Å². The first kappa shape index (κ1) is 11.5. The normalized spacial score (nSPS) is 10.7. The predicted molar refractivity (Wildman–Crippen MR) is 70.5 cm³/mol. The lowest BCUT2D eigenvalue weighted by Gasteiger charge is -2.03. The van der Waals surface area contributed by atoms with Gasteiger partial charge in [0.1, 0.15) is 5.01 Å². The Kier molecular flexibility index (Phi) is 3.45. The molecular formula is C9H5Br2ClN2S. The Morgan fingerprint density at radius 1 is 1.33 bits per heavy atom. The van der Waals surface area contributed by atoms with Gasteiger partial charge in [0, 0.05) is 15.1 Å². The van der Waals surface area contributed by atoms with Gasteiger partial charge in [-0.15, -0.1) is 0 Å². The fourth-order valence-corrected chi connectivity index (χ4v) is 3.17. The van der Waals surface area contributed by atoms with E-state index in [0.717, 1.165) is 25.6 Å². The Morgan fingerprint density at radius 2 is 2.07 bits per heavy atom. The van der Waals surface area contributed by atoms with Crippen LogP contribution in [0.4, 0.5) is 0 Å². The van der Waals surface area contributed by atoms with Gasteiger partial charge in [-0.25, -0.2) is 4.98 Å². The van der Waals surface area contributed by atoms with Gasteiger partial charge in [0.15, 0.2) is 0 Å². The second-order valence-corrected chi connectivity index (χ2v) is 5.67. The van der Waals surface area contributed by atoms with Gasteiger partial charge in [-0.1, -0.05) is 27.5 Å². The summed E-state index contributed by atoms with van der Waals surface area (Å²) >= 11 is 14.1. The van der Waals surface area contributed by atoms with E-state index in [9.17, 15) is 0 Å². The van der Waals surface area contributed by atoms with Gasteiger partial charge in [-0.05, 0) is 52.1 Å². The number of hydrogen-bond acceptors (Lipinski definition) is 3. The number of aryl methyl sites for hydroxylation is 1. The molecule has 0 aliphatic rings. The largest absolute Gasteiger partial charge is 0.209 e. The van der Waals surface area contributed by atoms with Crippen molar-refractivity contribution >= 4 is 55.0 Å². The second kappa shape index (κ2) is 4.49. The summed E-state index contributed by atoms with van der Waals surface area (Å²) < 4.78 is 5.65. The van der Waals surface area contributed by atoms with Crippen molar-refractivity contribution in [3.8, 4) is 10.6 Å². The van der Waals surface area contributed by atoms with E-state index >= 15 is 0 Å². The van der Waals surface area contributed by atoms with Crippen LogP contribution in [0.15, 0.2) is 21.3 Å². The summed E-state index contributed by atoms with van der Waals surface area (Å²) in [5.74, 6) is 0. The zero-order chi connectivity index (χ0) is 11.0. The Labute approximate surface area is 113 Å². The molecule has 78 valence electrons. The lowest BCUT2D eigenvalue weighted by molar-refractivity contribution is 1.26. The third kappa shape index (κ3) is 2.41. The minimum absolute atomic E-state index is 0.603. The van der Waals surface area contributed by atoms with Crippen LogP contribution in [-0.2, 0) is 0 Å². The molecule has 1 aromatic heterocycles. The monoisotopic (exact) mass is 366 g/mol. The van der Waals surface area contributed by atoms with E-state index in [1.807, 2.05) is 19.1 Å². The predicted octanol–water partition coefficient (Wildman–Crippen LogP) is 4.69. The number of aromatic nitrogens is 2. The average Bonchev–Trinajstić information content (AvgIpc) is 2.58. The first-order valence-corrected chi connectivity index (χ1v) is 6.77. The molecule has 0 unspecified atom stereocenters. The Morgan fingerprint density at radius 3 is 2.67 bits per heavy atom. The number of rotatable bonds is 1. The van der Waals surface area contributed by atoms with Crippen LogP contribution in [0.25, 0.3) is 10.6 Å². The van der Waals surface area contributed by atoms with E-state index in [2.05, 4.69) is 41.2 Å². The van der Waals surface area contributed by atoms with Gasteiger partial charge in [0.2, 0.25) is 4.73 Å². The molecule has 2 rings (SSSR count). The summed E-state index contributed by atoms with van der Waals surface area (Å²) in [7, 11) is 0. The fraction of sp³-hybridized carbons (Fsp3) is 0.111. The first-order chi connectivity index (χ1) is 7.08. The average molecular weight is 368 g/mol. The van der Waals surface area contributed by atoms with Crippen molar-refractivity contribution in [1.29, 1.82) is 0 Å². The first-order valence-electron chi connectivity index (χ1n) is 4.03. The molecule has 0 amide bonds. The highest BCUT2D eigenvalue weighted by atomic mass is 79.9. The maximum atomic E-state index is 6.07. The number of nitrogens with zero attached hydrogens (tertiary/aromatic N) is 2. The standard InChI is InChI=1S/C9H5Br2ClN2S/c1-4-2-6(10)5(3-7(4)12)8-13-9(11)14-15-8/h2-3H,1H3. The maximum Gasteiger partial charge on any atom is 0.209 e. The number of benzene rings is 1. The number of halogens is 3. The molecule has 0 radical (unpaired) electrons. The number of hydrogen-bond donors (Lipinski definition) is 0. The summed E-state index contributed by atoms with van der Waals surface area (Å²) in [6, 6.07) is 3.88. The Hall–Kier alpha value is 0.0300. The van der Waals surface area contributed by atoms with E-state index in [1.54, 1.807) is 0 Å². The van der Waals surface area contributed by atoms with Crippen molar-refractivity contribution in [3.63, 3.8) is 0 Å². The van der Waals surface area contributed by atoms with Gasteiger partial charge >= 0.3 is 0 Å². The molecule has 0 aliphatic heterocycles. The fourth-order valence-electron chi connectivity index (χ4n) is 1.13. The molecular weight excluding hydrogens is 363 g/mol. The van der Waals surface area contributed by atoms with Crippen molar-refractivity contribution in [2.75, 3.05) is 0 Å².